The Morgan fingerprint density at radius 1 is 1.12 bits per heavy atom. The summed E-state index contributed by atoms with van der Waals surface area (Å²) in [6.07, 6.45) is 9.69. The Labute approximate surface area is 150 Å². The molecule has 1 aliphatic carbocycles. The Morgan fingerprint density at radius 3 is 2.64 bits per heavy atom. The van der Waals surface area contributed by atoms with Crippen LogP contribution in [0.5, 0.6) is 0 Å². The minimum Gasteiger partial charge on any atom is -0.462 e. The molecule has 3 aliphatic rings. The Morgan fingerprint density at radius 2 is 1.92 bits per heavy atom. The minimum atomic E-state index is -0.124. The number of carbonyl (C=O) groups is 1. The molecule has 5 heteroatoms. The molecule has 4 rings (SSSR count). The first-order valence-electron chi connectivity index (χ1n) is 9.85. The van der Waals surface area contributed by atoms with E-state index >= 15 is 0 Å². The number of anilines is 1. The number of esters is 1. The molecule has 1 spiro atoms. The predicted molar refractivity (Wildman–Crippen MR) is 97.5 cm³/mol. The van der Waals surface area contributed by atoms with Gasteiger partial charge in [0, 0.05) is 45.3 Å². The number of pyridine rings is 1. The van der Waals surface area contributed by atoms with E-state index in [0.29, 0.717) is 0 Å². The number of hydrogen-bond acceptors (Lipinski definition) is 5. The molecule has 1 aromatic rings. The molecule has 2 saturated heterocycles. The van der Waals surface area contributed by atoms with Crippen molar-refractivity contribution in [3.63, 3.8) is 0 Å². The molecule has 1 atom stereocenters. The average Bonchev–Trinajstić information content (AvgIpc) is 2.97. The van der Waals surface area contributed by atoms with Crippen LogP contribution in [0.15, 0.2) is 24.4 Å². The number of piperazine rings is 1. The summed E-state index contributed by atoms with van der Waals surface area (Å²) < 4.78 is 5.75. The fraction of sp³-hybridized carbons (Fsp3) is 0.700. The summed E-state index contributed by atoms with van der Waals surface area (Å²) in [4.78, 5) is 21.7. The lowest BCUT2D eigenvalue weighted by Gasteiger charge is -2.35. The van der Waals surface area contributed by atoms with E-state index in [2.05, 4.69) is 20.9 Å². The summed E-state index contributed by atoms with van der Waals surface area (Å²) in [6, 6.07) is 6.09. The zero-order valence-corrected chi connectivity index (χ0v) is 15.0. The maximum atomic E-state index is 12.4. The molecule has 3 heterocycles. The summed E-state index contributed by atoms with van der Waals surface area (Å²) in [5.74, 6) is 1.17. The molecule has 0 aromatic carbocycles. The van der Waals surface area contributed by atoms with Gasteiger partial charge in [-0.25, -0.2) is 4.98 Å². The molecule has 3 fully saturated rings. The summed E-state index contributed by atoms with van der Waals surface area (Å²) in [5.41, 5.74) is -0.124. The Kier molecular flexibility index (Phi) is 4.93. The van der Waals surface area contributed by atoms with Gasteiger partial charge in [0.1, 0.15) is 11.9 Å². The highest BCUT2D eigenvalue weighted by Crippen LogP contribution is 2.46. The topological polar surface area (TPSA) is 45.7 Å². The van der Waals surface area contributed by atoms with Crippen molar-refractivity contribution in [2.24, 2.45) is 5.41 Å². The maximum Gasteiger partial charge on any atom is 0.312 e. The van der Waals surface area contributed by atoms with Gasteiger partial charge in [-0.3, -0.25) is 9.69 Å². The zero-order chi connectivity index (χ0) is 17.1. The molecule has 0 N–H and O–H groups in total. The van der Waals surface area contributed by atoms with E-state index in [-0.39, 0.29) is 17.5 Å². The predicted octanol–water partition coefficient (Wildman–Crippen LogP) is 2.86. The van der Waals surface area contributed by atoms with Crippen LogP contribution in [0, 0.1) is 5.41 Å². The Hall–Kier alpha value is -1.62. The second-order valence-corrected chi connectivity index (χ2v) is 7.88. The number of aromatic nitrogens is 1. The van der Waals surface area contributed by atoms with Gasteiger partial charge in [-0.1, -0.05) is 25.3 Å². The second kappa shape index (κ2) is 7.32. The fourth-order valence-electron chi connectivity index (χ4n) is 4.70. The van der Waals surface area contributed by atoms with Gasteiger partial charge < -0.3 is 9.64 Å². The first kappa shape index (κ1) is 16.8. The smallest absolute Gasteiger partial charge is 0.312 e. The summed E-state index contributed by atoms with van der Waals surface area (Å²) >= 11 is 0. The first-order chi connectivity index (χ1) is 12.3. The Bertz CT molecular complexity index is 578. The van der Waals surface area contributed by atoms with E-state index in [1.54, 1.807) is 0 Å². The SMILES string of the molecule is O=C1O[C@@H](CCN2CCN(c3ccccn3)CC2)CC12CCCCC2. The summed E-state index contributed by atoms with van der Waals surface area (Å²) in [5, 5.41) is 0. The standard InChI is InChI=1S/C20H29N3O2/c24-19-20(8-3-1-4-9-20)16-17(25-19)7-11-22-12-14-23(15-13-22)18-6-2-5-10-21-18/h2,5-6,10,17H,1,3-4,7-9,11-16H2/t17-/m0/s1. The lowest BCUT2D eigenvalue weighted by molar-refractivity contribution is -0.150. The largest absolute Gasteiger partial charge is 0.462 e. The van der Waals surface area contributed by atoms with Crippen LogP contribution in [0.1, 0.15) is 44.9 Å². The van der Waals surface area contributed by atoms with Crippen molar-refractivity contribution in [2.75, 3.05) is 37.6 Å². The van der Waals surface area contributed by atoms with Gasteiger partial charge in [0.2, 0.25) is 0 Å². The fourth-order valence-corrected chi connectivity index (χ4v) is 4.70. The van der Waals surface area contributed by atoms with Gasteiger partial charge in [0.15, 0.2) is 0 Å². The highest BCUT2D eigenvalue weighted by molar-refractivity contribution is 5.79. The van der Waals surface area contributed by atoms with Crippen molar-refractivity contribution in [3.05, 3.63) is 24.4 Å². The highest BCUT2D eigenvalue weighted by Gasteiger charge is 2.48. The zero-order valence-electron chi connectivity index (χ0n) is 15.0. The second-order valence-electron chi connectivity index (χ2n) is 7.88. The van der Waals surface area contributed by atoms with Crippen molar-refractivity contribution >= 4 is 11.8 Å². The molecule has 136 valence electrons. The number of rotatable bonds is 4. The van der Waals surface area contributed by atoms with Crippen LogP contribution in [-0.4, -0.2) is 54.7 Å². The third-order valence-electron chi connectivity index (χ3n) is 6.25. The molecule has 0 unspecified atom stereocenters. The van der Waals surface area contributed by atoms with Crippen LogP contribution in [0.3, 0.4) is 0 Å². The average molecular weight is 343 g/mol. The van der Waals surface area contributed by atoms with Gasteiger partial charge in [0.05, 0.1) is 5.41 Å². The van der Waals surface area contributed by atoms with Crippen LogP contribution < -0.4 is 4.90 Å². The molecular formula is C20H29N3O2. The van der Waals surface area contributed by atoms with Crippen molar-refractivity contribution in [3.8, 4) is 0 Å². The molecular weight excluding hydrogens is 314 g/mol. The van der Waals surface area contributed by atoms with Crippen molar-refractivity contribution in [1.29, 1.82) is 0 Å². The lowest BCUT2D eigenvalue weighted by Crippen LogP contribution is -2.47. The molecule has 1 aromatic heterocycles. The molecule has 25 heavy (non-hydrogen) atoms. The monoisotopic (exact) mass is 343 g/mol. The van der Waals surface area contributed by atoms with Crippen LogP contribution in [0.25, 0.3) is 0 Å². The number of ether oxygens (including phenoxy) is 1. The molecule has 0 radical (unpaired) electrons. The van der Waals surface area contributed by atoms with Crippen molar-refractivity contribution in [2.45, 2.75) is 51.0 Å². The highest BCUT2D eigenvalue weighted by atomic mass is 16.6. The normalized spacial score (nSPS) is 26.8. The van der Waals surface area contributed by atoms with Crippen LogP contribution in [0.2, 0.25) is 0 Å². The van der Waals surface area contributed by atoms with E-state index in [4.69, 9.17) is 4.74 Å². The maximum absolute atomic E-state index is 12.4. The van der Waals surface area contributed by atoms with E-state index in [9.17, 15) is 4.79 Å². The lowest BCUT2D eigenvalue weighted by atomic mass is 9.72. The molecule has 5 nitrogen and oxygen atoms in total. The quantitative estimate of drug-likeness (QED) is 0.787. The van der Waals surface area contributed by atoms with E-state index in [1.807, 2.05) is 18.3 Å². The van der Waals surface area contributed by atoms with Crippen molar-refractivity contribution in [1.82, 2.24) is 9.88 Å². The van der Waals surface area contributed by atoms with Crippen LogP contribution >= 0.6 is 0 Å². The molecule has 0 bridgehead atoms. The van der Waals surface area contributed by atoms with E-state index < -0.39 is 0 Å². The van der Waals surface area contributed by atoms with Crippen LogP contribution in [-0.2, 0) is 9.53 Å². The first-order valence-corrected chi connectivity index (χ1v) is 9.85. The number of nitrogens with zero attached hydrogens (tertiary/aromatic N) is 3. The van der Waals surface area contributed by atoms with Gasteiger partial charge >= 0.3 is 5.97 Å². The number of hydrogen-bond donors (Lipinski definition) is 0. The van der Waals surface area contributed by atoms with Crippen molar-refractivity contribution < 1.29 is 9.53 Å². The van der Waals surface area contributed by atoms with Crippen LogP contribution in [0.4, 0.5) is 5.82 Å². The third kappa shape index (κ3) is 3.66. The number of cyclic esters (lactones) is 1. The summed E-state index contributed by atoms with van der Waals surface area (Å²) in [6.45, 7) is 5.19. The van der Waals surface area contributed by atoms with Gasteiger partial charge in [-0.15, -0.1) is 0 Å². The molecule has 0 amide bonds. The van der Waals surface area contributed by atoms with Gasteiger partial charge in [0.25, 0.3) is 0 Å². The van der Waals surface area contributed by atoms with Gasteiger partial charge in [-0.05, 0) is 31.4 Å². The summed E-state index contributed by atoms with van der Waals surface area (Å²) in [7, 11) is 0. The Balaban J connectivity index is 1.23. The molecule has 1 saturated carbocycles. The van der Waals surface area contributed by atoms with E-state index in [1.165, 1.54) is 19.3 Å². The third-order valence-corrected chi connectivity index (χ3v) is 6.25. The number of carbonyl (C=O) groups excluding carboxylic acids is 1. The minimum absolute atomic E-state index is 0.0946. The van der Waals surface area contributed by atoms with E-state index in [0.717, 1.165) is 64.2 Å². The van der Waals surface area contributed by atoms with Gasteiger partial charge in [-0.2, -0.15) is 0 Å². The molecule has 2 aliphatic heterocycles.